The van der Waals surface area contributed by atoms with Gasteiger partial charge in [-0.1, -0.05) is 6.08 Å². The van der Waals surface area contributed by atoms with Crippen LogP contribution in [0.4, 0.5) is 0 Å². The van der Waals surface area contributed by atoms with Crippen molar-refractivity contribution in [1.29, 1.82) is 0 Å². The van der Waals surface area contributed by atoms with E-state index in [0.29, 0.717) is 6.67 Å². The number of nitrogens with two attached hydrogens (primary N) is 1. The van der Waals surface area contributed by atoms with Crippen molar-refractivity contribution >= 4 is 13.4 Å². The van der Waals surface area contributed by atoms with Gasteiger partial charge in [-0.3, -0.25) is 9.98 Å². The SMILES string of the molecule is C=N/C(C)=C\C.C=NCN. The Bertz CT molecular complexity index is 116. The fourth-order valence-electron chi connectivity index (χ4n) is 0.0913. The molecule has 0 unspecified atom stereocenters. The smallest absolute Gasteiger partial charge is 0.0852 e. The number of aliphatic imine (C=N–C) groups is 2. The van der Waals surface area contributed by atoms with Crippen molar-refractivity contribution in [2.45, 2.75) is 13.8 Å². The highest BCUT2D eigenvalue weighted by atomic mass is 14.8. The quantitative estimate of drug-likeness (QED) is 0.577. The lowest BCUT2D eigenvalue weighted by atomic mass is 10.5. The topological polar surface area (TPSA) is 50.7 Å². The van der Waals surface area contributed by atoms with Gasteiger partial charge in [-0.15, -0.1) is 0 Å². The van der Waals surface area contributed by atoms with Gasteiger partial charge >= 0.3 is 0 Å². The molecule has 0 radical (unpaired) electrons. The highest BCUT2D eigenvalue weighted by Gasteiger charge is 1.67. The van der Waals surface area contributed by atoms with Crippen molar-refractivity contribution in [2.24, 2.45) is 15.7 Å². The number of rotatable bonds is 2. The molecule has 0 spiro atoms. The van der Waals surface area contributed by atoms with Gasteiger partial charge in [0.15, 0.2) is 0 Å². The van der Waals surface area contributed by atoms with Crippen LogP contribution in [0.3, 0.4) is 0 Å². The zero-order valence-corrected chi connectivity index (χ0v) is 6.67. The first-order valence-corrected chi connectivity index (χ1v) is 2.95. The van der Waals surface area contributed by atoms with E-state index in [1.54, 1.807) is 0 Å². The minimum Gasteiger partial charge on any atom is -0.312 e. The first kappa shape index (κ1) is 11.8. The van der Waals surface area contributed by atoms with Crippen molar-refractivity contribution in [2.75, 3.05) is 6.67 Å². The third kappa shape index (κ3) is 15.7. The molecular weight excluding hydrogens is 126 g/mol. The van der Waals surface area contributed by atoms with Crippen molar-refractivity contribution in [3.05, 3.63) is 11.8 Å². The predicted molar refractivity (Wildman–Crippen MR) is 47.6 cm³/mol. The first-order valence-electron chi connectivity index (χ1n) is 2.95. The van der Waals surface area contributed by atoms with E-state index in [9.17, 15) is 0 Å². The van der Waals surface area contributed by atoms with Crippen molar-refractivity contribution in [3.63, 3.8) is 0 Å². The summed E-state index contributed by atoms with van der Waals surface area (Å²) in [6.07, 6.45) is 1.91. The molecule has 3 nitrogen and oxygen atoms in total. The Morgan fingerprint density at radius 1 is 1.60 bits per heavy atom. The second-order valence-corrected chi connectivity index (χ2v) is 1.49. The van der Waals surface area contributed by atoms with E-state index in [4.69, 9.17) is 5.73 Å². The maximum atomic E-state index is 4.80. The molecule has 0 bridgehead atoms. The minimum absolute atomic E-state index is 0.333. The number of nitrogens with zero attached hydrogens (tertiary/aromatic N) is 2. The largest absolute Gasteiger partial charge is 0.312 e. The molecule has 0 aromatic carbocycles. The molecular formula is C7H15N3. The molecule has 0 saturated carbocycles. The normalized spacial score (nSPS) is 9.30. The van der Waals surface area contributed by atoms with Crippen LogP contribution in [0.25, 0.3) is 0 Å². The molecule has 0 aromatic heterocycles. The van der Waals surface area contributed by atoms with Gasteiger partial charge in [0.25, 0.3) is 0 Å². The summed E-state index contributed by atoms with van der Waals surface area (Å²) in [6, 6.07) is 0. The van der Waals surface area contributed by atoms with Crippen molar-refractivity contribution in [1.82, 2.24) is 0 Å². The molecule has 0 saturated heterocycles. The van der Waals surface area contributed by atoms with Crippen LogP contribution >= 0.6 is 0 Å². The molecule has 2 N–H and O–H groups in total. The van der Waals surface area contributed by atoms with Gasteiger partial charge in [0.05, 0.1) is 6.67 Å². The summed E-state index contributed by atoms with van der Waals surface area (Å²) in [7, 11) is 0. The average molecular weight is 141 g/mol. The summed E-state index contributed by atoms with van der Waals surface area (Å²) in [5, 5.41) is 0. The Balaban J connectivity index is 0. The van der Waals surface area contributed by atoms with Gasteiger partial charge in [0, 0.05) is 5.70 Å². The number of hydrogen-bond donors (Lipinski definition) is 1. The van der Waals surface area contributed by atoms with E-state index < -0.39 is 0 Å². The second kappa shape index (κ2) is 10.9. The van der Waals surface area contributed by atoms with Gasteiger partial charge in [-0.05, 0) is 27.3 Å². The highest BCUT2D eigenvalue weighted by Crippen LogP contribution is 1.87. The Morgan fingerprint density at radius 3 is 2.00 bits per heavy atom. The van der Waals surface area contributed by atoms with E-state index in [0.717, 1.165) is 5.70 Å². The molecule has 0 amide bonds. The fraction of sp³-hybridized carbons (Fsp3) is 0.429. The van der Waals surface area contributed by atoms with E-state index in [1.165, 1.54) is 0 Å². The first-order chi connectivity index (χ1) is 4.72. The second-order valence-electron chi connectivity index (χ2n) is 1.49. The summed E-state index contributed by atoms with van der Waals surface area (Å²) in [4.78, 5) is 6.88. The van der Waals surface area contributed by atoms with Crippen LogP contribution in [-0.4, -0.2) is 20.1 Å². The lowest BCUT2D eigenvalue weighted by Gasteiger charge is -1.78. The van der Waals surface area contributed by atoms with Gasteiger partial charge in [0.2, 0.25) is 0 Å². The molecule has 0 atom stereocenters. The summed E-state index contributed by atoms with van der Waals surface area (Å²) < 4.78 is 0. The van der Waals surface area contributed by atoms with Crippen LogP contribution < -0.4 is 5.73 Å². The maximum absolute atomic E-state index is 4.80. The van der Waals surface area contributed by atoms with Crippen molar-refractivity contribution < 1.29 is 0 Å². The molecule has 0 aromatic rings. The Kier molecular flexibility index (Phi) is 12.9. The van der Waals surface area contributed by atoms with E-state index in [2.05, 4.69) is 23.4 Å². The summed E-state index contributed by atoms with van der Waals surface area (Å²) in [5.41, 5.74) is 5.78. The third-order valence-corrected chi connectivity index (χ3v) is 0.796. The molecule has 0 aliphatic carbocycles. The Hall–Kier alpha value is -0.960. The summed E-state index contributed by atoms with van der Waals surface area (Å²) >= 11 is 0. The number of allylic oxidation sites excluding steroid dienone is 2. The van der Waals surface area contributed by atoms with Crippen LogP contribution in [0.15, 0.2) is 21.8 Å². The van der Waals surface area contributed by atoms with E-state index in [-0.39, 0.29) is 0 Å². The molecule has 0 aliphatic rings. The van der Waals surface area contributed by atoms with E-state index >= 15 is 0 Å². The van der Waals surface area contributed by atoms with Crippen LogP contribution in [-0.2, 0) is 0 Å². The molecule has 0 heterocycles. The van der Waals surface area contributed by atoms with Crippen LogP contribution in [0, 0.1) is 0 Å². The molecule has 0 aliphatic heterocycles. The minimum atomic E-state index is 0.333. The summed E-state index contributed by atoms with van der Waals surface area (Å²) in [6.45, 7) is 10.6. The van der Waals surface area contributed by atoms with Crippen LogP contribution in [0.5, 0.6) is 0 Å². The zero-order valence-electron chi connectivity index (χ0n) is 6.67. The average Bonchev–Trinajstić information content (AvgIpc) is 2.03. The Labute approximate surface area is 62.4 Å². The van der Waals surface area contributed by atoms with Gasteiger partial charge < -0.3 is 5.73 Å². The lowest BCUT2D eigenvalue weighted by Crippen LogP contribution is -1.90. The maximum Gasteiger partial charge on any atom is 0.0852 e. The van der Waals surface area contributed by atoms with Crippen molar-refractivity contribution in [3.8, 4) is 0 Å². The predicted octanol–water partition coefficient (Wildman–Crippen LogP) is 1.21. The lowest BCUT2D eigenvalue weighted by molar-refractivity contribution is 1.08. The monoisotopic (exact) mass is 141 g/mol. The highest BCUT2D eigenvalue weighted by molar-refractivity contribution is 5.27. The molecule has 0 rings (SSSR count). The standard InChI is InChI=1S/C5H9N.C2H6N2/c1-4-5(2)6-3;1-4-2-3/h4H,3H2,1-2H3;1-3H2/b5-4-;. The molecule has 58 valence electrons. The van der Waals surface area contributed by atoms with Gasteiger partial charge in [-0.25, -0.2) is 0 Å². The molecule has 10 heavy (non-hydrogen) atoms. The Morgan fingerprint density at radius 2 is 2.00 bits per heavy atom. The molecule has 0 fully saturated rings. The van der Waals surface area contributed by atoms with Gasteiger partial charge in [-0.2, -0.15) is 0 Å². The van der Waals surface area contributed by atoms with Gasteiger partial charge in [0.1, 0.15) is 0 Å². The zero-order chi connectivity index (χ0) is 8.41. The third-order valence-electron chi connectivity index (χ3n) is 0.796. The van der Waals surface area contributed by atoms with Crippen LogP contribution in [0.1, 0.15) is 13.8 Å². The fourth-order valence-corrected chi connectivity index (χ4v) is 0.0913. The summed E-state index contributed by atoms with van der Waals surface area (Å²) in [5.74, 6) is 0. The molecule has 3 heteroatoms. The van der Waals surface area contributed by atoms with E-state index in [1.807, 2.05) is 19.9 Å². The van der Waals surface area contributed by atoms with Crippen LogP contribution in [0.2, 0.25) is 0 Å². The number of hydrogen-bond acceptors (Lipinski definition) is 3.